The molecule has 2 aliphatic rings. The summed E-state index contributed by atoms with van der Waals surface area (Å²) in [4.78, 5) is 12.0. The fraction of sp³-hybridized carbons (Fsp3) is 0.667. The Morgan fingerprint density at radius 3 is 2.07 bits per heavy atom. The van der Waals surface area contributed by atoms with Gasteiger partial charge in [-0.05, 0) is 50.7 Å². The maximum atomic E-state index is 12.0. The van der Waals surface area contributed by atoms with Crippen LogP contribution in [0, 0.1) is 18.8 Å². The van der Waals surface area contributed by atoms with Crippen molar-refractivity contribution in [1.29, 1.82) is 0 Å². The van der Waals surface area contributed by atoms with Crippen molar-refractivity contribution in [2.75, 3.05) is 0 Å². The highest BCUT2D eigenvalue weighted by molar-refractivity contribution is 7.85. The van der Waals surface area contributed by atoms with Crippen LogP contribution in [0.25, 0.3) is 0 Å². The van der Waals surface area contributed by atoms with Crippen LogP contribution in [0.15, 0.2) is 29.2 Å². The Morgan fingerprint density at radius 2 is 1.56 bits per heavy atom. The van der Waals surface area contributed by atoms with Crippen LogP contribution < -0.4 is 0 Å². The molecule has 1 aromatic rings. The predicted molar refractivity (Wildman–Crippen MR) is 112 cm³/mol. The van der Waals surface area contributed by atoms with E-state index < -0.39 is 10.1 Å². The lowest BCUT2D eigenvalue weighted by molar-refractivity contribution is -0.122. The van der Waals surface area contributed by atoms with Gasteiger partial charge in [-0.1, -0.05) is 49.8 Å². The number of aryl methyl sites for hydroxylation is 1. The molecule has 27 heavy (non-hydrogen) atoms. The van der Waals surface area contributed by atoms with Gasteiger partial charge in [-0.25, -0.2) is 0 Å². The van der Waals surface area contributed by atoms with Gasteiger partial charge < -0.3 is 0 Å². The predicted octanol–water partition coefficient (Wildman–Crippen LogP) is 5.26. The molecule has 0 aromatic heterocycles. The standard InChI is InChI=1S/C14H24OS.C7H8O3S/c15-13(11-6-4-5-7-11)10-14(16)12-8-2-1-3-9-12;1-6-2-4-7(5-3-6)11(8,9)10/h11-12,14,16H,1-10H2;2-5H,1H3,(H,8,9,10). The zero-order chi connectivity index (χ0) is 19.9. The maximum Gasteiger partial charge on any atom is 0.294 e. The van der Waals surface area contributed by atoms with Crippen molar-refractivity contribution < 1.29 is 17.8 Å². The van der Waals surface area contributed by atoms with E-state index in [1.807, 2.05) is 6.92 Å². The van der Waals surface area contributed by atoms with E-state index in [4.69, 9.17) is 4.55 Å². The highest BCUT2D eigenvalue weighted by Gasteiger charge is 2.27. The molecule has 0 amide bonds. The first kappa shape index (κ1) is 22.4. The Kier molecular flexibility index (Phi) is 8.83. The lowest BCUT2D eigenvalue weighted by Gasteiger charge is -2.27. The summed E-state index contributed by atoms with van der Waals surface area (Å²) in [6, 6.07) is 5.99. The number of thiol groups is 1. The monoisotopic (exact) mass is 412 g/mol. The molecular weight excluding hydrogens is 380 g/mol. The van der Waals surface area contributed by atoms with E-state index >= 15 is 0 Å². The molecule has 1 unspecified atom stereocenters. The van der Waals surface area contributed by atoms with Crippen LogP contribution in [0.5, 0.6) is 0 Å². The number of hydrogen-bond donors (Lipinski definition) is 2. The molecule has 1 atom stereocenters. The quantitative estimate of drug-likeness (QED) is 0.511. The van der Waals surface area contributed by atoms with Crippen LogP contribution >= 0.6 is 12.6 Å². The summed E-state index contributed by atoms with van der Waals surface area (Å²) in [5, 5.41) is 0.341. The highest BCUT2D eigenvalue weighted by atomic mass is 32.2. The normalized spacial score (nSPS) is 20.0. The molecular formula is C21H32O4S2. The van der Waals surface area contributed by atoms with Crippen LogP contribution in [0.2, 0.25) is 0 Å². The third kappa shape index (κ3) is 7.59. The second-order valence-electron chi connectivity index (χ2n) is 7.91. The summed E-state index contributed by atoms with van der Waals surface area (Å²) >= 11 is 4.68. The van der Waals surface area contributed by atoms with Gasteiger partial charge in [0.2, 0.25) is 0 Å². The average molecular weight is 413 g/mol. The summed E-state index contributed by atoms with van der Waals surface area (Å²) in [5.41, 5.74) is 0.956. The average Bonchev–Trinajstić information content (AvgIpc) is 3.17. The molecule has 2 saturated carbocycles. The maximum absolute atomic E-state index is 12.0. The smallest absolute Gasteiger partial charge is 0.294 e. The van der Waals surface area contributed by atoms with E-state index in [-0.39, 0.29) is 4.90 Å². The van der Waals surface area contributed by atoms with Gasteiger partial charge in [0.25, 0.3) is 10.1 Å². The largest absolute Gasteiger partial charge is 0.299 e. The third-order valence-corrected chi connectivity index (χ3v) is 7.21. The van der Waals surface area contributed by atoms with Gasteiger partial charge in [0, 0.05) is 17.6 Å². The Bertz CT molecular complexity index is 685. The van der Waals surface area contributed by atoms with E-state index in [0.29, 0.717) is 22.9 Å². The third-order valence-electron chi connectivity index (χ3n) is 5.73. The molecule has 0 saturated heterocycles. The molecule has 2 aliphatic carbocycles. The van der Waals surface area contributed by atoms with E-state index in [0.717, 1.165) is 24.8 Å². The minimum Gasteiger partial charge on any atom is -0.299 e. The lowest BCUT2D eigenvalue weighted by Crippen LogP contribution is -2.24. The van der Waals surface area contributed by atoms with Crippen LogP contribution in [0.1, 0.15) is 69.8 Å². The summed E-state index contributed by atoms with van der Waals surface area (Å²) < 4.78 is 29.6. The van der Waals surface area contributed by atoms with Crippen molar-refractivity contribution in [1.82, 2.24) is 0 Å². The summed E-state index contributed by atoms with van der Waals surface area (Å²) in [6.07, 6.45) is 12.2. The molecule has 152 valence electrons. The summed E-state index contributed by atoms with van der Waals surface area (Å²) in [7, 11) is -4.02. The van der Waals surface area contributed by atoms with Crippen molar-refractivity contribution in [2.24, 2.45) is 11.8 Å². The molecule has 0 heterocycles. The fourth-order valence-electron chi connectivity index (χ4n) is 4.02. The van der Waals surface area contributed by atoms with Crippen LogP contribution in [0.3, 0.4) is 0 Å². The van der Waals surface area contributed by atoms with Gasteiger partial charge in [-0.15, -0.1) is 0 Å². The number of rotatable bonds is 5. The minimum atomic E-state index is -4.02. The van der Waals surface area contributed by atoms with Crippen molar-refractivity contribution in [2.45, 2.75) is 81.3 Å². The molecule has 0 aliphatic heterocycles. The Balaban J connectivity index is 0.000000208. The first-order chi connectivity index (χ1) is 12.8. The summed E-state index contributed by atoms with van der Waals surface area (Å²) in [6.45, 7) is 1.84. The van der Waals surface area contributed by atoms with Crippen molar-refractivity contribution >= 4 is 28.5 Å². The molecule has 0 bridgehead atoms. The molecule has 0 radical (unpaired) electrons. The van der Waals surface area contributed by atoms with Gasteiger partial charge in [-0.2, -0.15) is 21.0 Å². The van der Waals surface area contributed by atoms with Gasteiger partial charge >= 0.3 is 0 Å². The van der Waals surface area contributed by atoms with Crippen molar-refractivity contribution in [3.63, 3.8) is 0 Å². The Hall–Kier alpha value is -0.850. The second-order valence-corrected chi connectivity index (χ2v) is 9.99. The van der Waals surface area contributed by atoms with Gasteiger partial charge in [-0.3, -0.25) is 9.35 Å². The van der Waals surface area contributed by atoms with Crippen LogP contribution in [0.4, 0.5) is 0 Å². The number of hydrogen-bond acceptors (Lipinski definition) is 4. The first-order valence-corrected chi connectivity index (χ1v) is 12.0. The van der Waals surface area contributed by atoms with E-state index in [1.165, 1.54) is 57.1 Å². The molecule has 4 nitrogen and oxygen atoms in total. The molecule has 1 N–H and O–H groups in total. The molecule has 2 fully saturated rings. The fourth-order valence-corrected chi connectivity index (χ4v) is 4.97. The van der Waals surface area contributed by atoms with Crippen molar-refractivity contribution in [3.05, 3.63) is 29.8 Å². The minimum absolute atomic E-state index is 0.0666. The molecule has 3 rings (SSSR count). The topological polar surface area (TPSA) is 71.4 Å². The number of Topliss-reactive ketones (excluding diaryl/α,β-unsaturated/α-hetero) is 1. The van der Waals surface area contributed by atoms with E-state index in [9.17, 15) is 13.2 Å². The second kappa shape index (κ2) is 10.6. The molecule has 1 aromatic carbocycles. The van der Waals surface area contributed by atoms with Crippen LogP contribution in [-0.2, 0) is 14.9 Å². The number of ketones is 1. The number of benzene rings is 1. The number of carbonyl (C=O) groups excluding carboxylic acids is 1. The Labute approximate surface area is 169 Å². The Morgan fingerprint density at radius 1 is 1.04 bits per heavy atom. The van der Waals surface area contributed by atoms with Gasteiger partial charge in [0.15, 0.2) is 0 Å². The highest BCUT2D eigenvalue weighted by Crippen LogP contribution is 2.33. The lowest BCUT2D eigenvalue weighted by atomic mass is 9.84. The van der Waals surface area contributed by atoms with Crippen LogP contribution in [-0.4, -0.2) is 24.0 Å². The zero-order valence-electron chi connectivity index (χ0n) is 16.1. The first-order valence-electron chi connectivity index (χ1n) is 10.0. The van der Waals surface area contributed by atoms with Gasteiger partial charge in [0.1, 0.15) is 5.78 Å². The SMILES string of the molecule is Cc1ccc(S(=O)(=O)O)cc1.O=C(CC(S)C1CCCCC1)C1CCCC1. The van der Waals surface area contributed by atoms with Crippen molar-refractivity contribution in [3.8, 4) is 0 Å². The molecule has 0 spiro atoms. The molecule has 6 heteroatoms. The van der Waals surface area contributed by atoms with E-state index in [1.54, 1.807) is 12.1 Å². The van der Waals surface area contributed by atoms with Gasteiger partial charge in [0.05, 0.1) is 4.90 Å². The summed E-state index contributed by atoms with van der Waals surface area (Å²) in [5.74, 6) is 1.60. The number of carbonyl (C=O) groups is 1. The van der Waals surface area contributed by atoms with E-state index in [2.05, 4.69) is 12.6 Å². The zero-order valence-corrected chi connectivity index (χ0v) is 17.9.